The molecule has 0 saturated carbocycles. The van der Waals surface area contributed by atoms with Crippen LogP contribution in [0, 0.1) is 13.8 Å². The second kappa shape index (κ2) is 5.34. The van der Waals surface area contributed by atoms with Crippen molar-refractivity contribution in [3.05, 3.63) is 29.3 Å². The highest BCUT2D eigenvalue weighted by Gasteiger charge is 2.38. The molecule has 116 valence electrons. The number of aryl methyl sites for hydroxylation is 2. The molecule has 0 atom stereocenters. The number of amides is 2. The van der Waals surface area contributed by atoms with E-state index in [-0.39, 0.29) is 17.1 Å². The molecule has 0 aliphatic carbocycles. The summed E-state index contributed by atoms with van der Waals surface area (Å²) in [5.41, 5.74) is 2.95. The fourth-order valence-corrected chi connectivity index (χ4v) is 3.35. The monoisotopic (exact) mass is 289 g/mol. The summed E-state index contributed by atoms with van der Waals surface area (Å²) in [6.45, 7) is 14.0. The number of hydrogen-bond acceptors (Lipinski definition) is 2. The van der Waals surface area contributed by atoms with Gasteiger partial charge in [-0.3, -0.25) is 0 Å². The average Bonchev–Trinajstić information content (AvgIpc) is 2.30. The summed E-state index contributed by atoms with van der Waals surface area (Å²) in [6, 6.07) is 6.04. The highest BCUT2D eigenvalue weighted by molar-refractivity contribution is 5.91. The molecular formula is C17H27N3O. The lowest BCUT2D eigenvalue weighted by Gasteiger charge is -2.48. The van der Waals surface area contributed by atoms with Gasteiger partial charge in [-0.15, -0.1) is 0 Å². The van der Waals surface area contributed by atoms with Crippen LogP contribution < -0.4 is 10.6 Å². The van der Waals surface area contributed by atoms with Crippen molar-refractivity contribution in [3.8, 4) is 0 Å². The van der Waals surface area contributed by atoms with Gasteiger partial charge in [0.25, 0.3) is 0 Å². The van der Waals surface area contributed by atoms with E-state index in [1.165, 1.54) is 0 Å². The molecule has 2 amide bonds. The minimum atomic E-state index is -0.0835. The van der Waals surface area contributed by atoms with E-state index >= 15 is 0 Å². The van der Waals surface area contributed by atoms with Crippen LogP contribution in [0.3, 0.4) is 0 Å². The van der Waals surface area contributed by atoms with E-state index in [4.69, 9.17) is 0 Å². The number of carbonyl (C=O) groups excluding carboxylic acids is 1. The second-order valence-corrected chi connectivity index (χ2v) is 7.45. The van der Waals surface area contributed by atoms with E-state index in [9.17, 15) is 4.79 Å². The average molecular weight is 289 g/mol. The molecule has 1 aliphatic heterocycles. The van der Waals surface area contributed by atoms with Crippen LogP contribution in [0.5, 0.6) is 0 Å². The maximum atomic E-state index is 12.6. The number of nitrogens with zero attached hydrogens (tertiary/aromatic N) is 1. The van der Waals surface area contributed by atoms with E-state index in [0.717, 1.165) is 16.8 Å². The van der Waals surface area contributed by atoms with Gasteiger partial charge in [0, 0.05) is 29.9 Å². The maximum Gasteiger partial charge on any atom is 0.321 e. The highest BCUT2D eigenvalue weighted by atomic mass is 16.2. The Balaban J connectivity index is 2.17. The van der Waals surface area contributed by atoms with Crippen molar-refractivity contribution >= 4 is 11.7 Å². The van der Waals surface area contributed by atoms with Crippen molar-refractivity contribution in [2.75, 3.05) is 18.4 Å². The first kappa shape index (κ1) is 15.8. The molecule has 0 radical (unpaired) electrons. The largest absolute Gasteiger partial charge is 0.321 e. The molecule has 0 spiro atoms. The third-order valence-electron chi connectivity index (χ3n) is 3.85. The Morgan fingerprint density at radius 2 is 1.57 bits per heavy atom. The summed E-state index contributed by atoms with van der Waals surface area (Å²) in [7, 11) is 0. The fraction of sp³-hybridized carbons (Fsp3) is 0.588. The molecule has 21 heavy (non-hydrogen) atoms. The topological polar surface area (TPSA) is 44.4 Å². The molecule has 4 nitrogen and oxygen atoms in total. The van der Waals surface area contributed by atoms with Crippen molar-refractivity contribution in [2.45, 2.75) is 52.6 Å². The van der Waals surface area contributed by atoms with E-state index in [1.807, 2.05) is 36.9 Å². The summed E-state index contributed by atoms with van der Waals surface area (Å²) in [5, 5.41) is 6.66. The molecule has 0 unspecified atom stereocenters. The summed E-state index contributed by atoms with van der Waals surface area (Å²) in [6.07, 6.45) is 0. The van der Waals surface area contributed by atoms with Gasteiger partial charge in [0.2, 0.25) is 0 Å². The minimum absolute atomic E-state index is 0.0185. The number of hydrogen-bond donors (Lipinski definition) is 2. The Hall–Kier alpha value is -1.55. The van der Waals surface area contributed by atoms with Crippen LogP contribution in [0.1, 0.15) is 38.8 Å². The van der Waals surface area contributed by atoms with E-state index in [1.54, 1.807) is 0 Å². The van der Waals surface area contributed by atoms with Gasteiger partial charge in [0.15, 0.2) is 0 Å². The number of carbonyl (C=O) groups is 1. The van der Waals surface area contributed by atoms with Crippen LogP contribution in [0.15, 0.2) is 18.2 Å². The van der Waals surface area contributed by atoms with Crippen molar-refractivity contribution in [3.63, 3.8) is 0 Å². The Morgan fingerprint density at radius 1 is 1.10 bits per heavy atom. The first-order chi connectivity index (χ1) is 9.60. The van der Waals surface area contributed by atoms with Crippen molar-refractivity contribution < 1.29 is 4.79 Å². The van der Waals surface area contributed by atoms with Crippen LogP contribution in [-0.2, 0) is 0 Å². The Kier molecular flexibility index (Phi) is 4.02. The first-order valence-electron chi connectivity index (χ1n) is 7.51. The first-order valence-corrected chi connectivity index (χ1v) is 7.51. The normalized spacial score (nSPS) is 20.2. The van der Waals surface area contributed by atoms with Gasteiger partial charge in [-0.05, 0) is 52.7 Å². The number of nitrogens with one attached hydrogen (secondary N) is 2. The molecule has 1 aromatic carbocycles. The summed E-state index contributed by atoms with van der Waals surface area (Å²) in [5.74, 6) is 0. The standard InChI is InChI=1S/C17H27N3O/c1-12-8-7-9-13(2)14(12)18-15(21)20-10-16(3,4)19-17(5,6)11-20/h7-9,19H,10-11H2,1-6H3,(H,18,21). The molecule has 2 rings (SSSR count). The zero-order chi connectivity index (χ0) is 15.8. The van der Waals surface area contributed by atoms with E-state index < -0.39 is 0 Å². The number of rotatable bonds is 1. The molecule has 2 N–H and O–H groups in total. The molecule has 1 heterocycles. The van der Waals surface area contributed by atoms with Gasteiger partial charge in [0.1, 0.15) is 0 Å². The zero-order valence-electron chi connectivity index (χ0n) is 14.0. The minimum Gasteiger partial charge on any atom is -0.321 e. The lowest BCUT2D eigenvalue weighted by molar-refractivity contribution is 0.102. The molecule has 0 bridgehead atoms. The van der Waals surface area contributed by atoms with E-state index in [2.05, 4.69) is 38.3 Å². The lowest BCUT2D eigenvalue weighted by atomic mass is 9.92. The van der Waals surface area contributed by atoms with Gasteiger partial charge in [-0.2, -0.15) is 0 Å². The quantitative estimate of drug-likeness (QED) is 0.833. The number of benzene rings is 1. The maximum absolute atomic E-state index is 12.6. The third-order valence-corrected chi connectivity index (χ3v) is 3.85. The van der Waals surface area contributed by atoms with E-state index in [0.29, 0.717) is 13.1 Å². The third kappa shape index (κ3) is 3.76. The molecule has 1 saturated heterocycles. The van der Waals surface area contributed by atoms with Gasteiger partial charge in [-0.25, -0.2) is 4.79 Å². The Morgan fingerprint density at radius 3 is 2.05 bits per heavy atom. The predicted octanol–water partition coefficient (Wildman–Crippen LogP) is 3.30. The molecule has 1 aliphatic rings. The number of anilines is 1. The molecule has 1 aromatic rings. The van der Waals surface area contributed by atoms with Crippen molar-refractivity contribution in [1.82, 2.24) is 10.2 Å². The summed E-state index contributed by atoms with van der Waals surface area (Å²) in [4.78, 5) is 14.5. The Labute approximate surface area is 127 Å². The predicted molar refractivity (Wildman–Crippen MR) is 87.8 cm³/mol. The fourth-order valence-electron chi connectivity index (χ4n) is 3.35. The van der Waals surface area contributed by atoms with Gasteiger partial charge >= 0.3 is 6.03 Å². The lowest BCUT2D eigenvalue weighted by Crippen LogP contribution is -2.68. The SMILES string of the molecule is Cc1cccc(C)c1NC(=O)N1CC(C)(C)NC(C)(C)C1. The molecular weight excluding hydrogens is 262 g/mol. The molecule has 1 fully saturated rings. The van der Waals surface area contributed by atoms with Gasteiger partial charge < -0.3 is 15.5 Å². The number of urea groups is 1. The van der Waals surface area contributed by atoms with Crippen LogP contribution in [0.4, 0.5) is 10.5 Å². The zero-order valence-corrected chi connectivity index (χ0v) is 14.0. The number of piperazine rings is 1. The summed E-state index contributed by atoms with van der Waals surface area (Å²) >= 11 is 0. The van der Waals surface area contributed by atoms with Crippen molar-refractivity contribution in [1.29, 1.82) is 0 Å². The number of para-hydroxylation sites is 1. The summed E-state index contributed by atoms with van der Waals surface area (Å²) < 4.78 is 0. The molecule has 0 aromatic heterocycles. The smallest absolute Gasteiger partial charge is 0.321 e. The van der Waals surface area contributed by atoms with Gasteiger partial charge in [0.05, 0.1) is 0 Å². The second-order valence-electron chi connectivity index (χ2n) is 7.45. The van der Waals surface area contributed by atoms with Gasteiger partial charge in [-0.1, -0.05) is 18.2 Å². The van der Waals surface area contributed by atoms with Crippen LogP contribution in [0.2, 0.25) is 0 Å². The van der Waals surface area contributed by atoms with Crippen LogP contribution in [-0.4, -0.2) is 35.1 Å². The van der Waals surface area contributed by atoms with Crippen LogP contribution >= 0.6 is 0 Å². The van der Waals surface area contributed by atoms with Crippen LogP contribution in [0.25, 0.3) is 0 Å². The van der Waals surface area contributed by atoms with Crippen molar-refractivity contribution in [2.24, 2.45) is 0 Å². The molecule has 4 heteroatoms. The Bertz CT molecular complexity index is 513. The highest BCUT2D eigenvalue weighted by Crippen LogP contribution is 2.24.